The van der Waals surface area contributed by atoms with Crippen molar-refractivity contribution >= 4 is 11.9 Å². The first-order valence-corrected chi connectivity index (χ1v) is 5.68. The van der Waals surface area contributed by atoms with Crippen LogP contribution in [-0.4, -0.2) is 36.7 Å². The van der Waals surface area contributed by atoms with Gasteiger partial charge in [-0.15, -0.1) is 0 Å². The minimum atomic E-state index is -1.20. The highest BCUT2D eigenvalue weighted by Gasteiger charge is 2.20. The van der Waals surface area contributed by atoms with Gasteiger partial charge >= 0.3 is 5.97 Å². The molecule has 0 radical (unpaired) electrons. The molecule has 0 aromatic heterocycles. The zero-order valence-electron chi connectivity index (χ0n) is 11.0. The number of ether oxygens (including phenoxy) is 2. The summed E-state index contributed by atoms with van der Waals surface area (Å²) < 4.78 is 10.4. The second kappa shape index (κ2) is 6.99. The molecule has 0 spiro atoms. The molecule has 20 heavy (non-hydrogen) atoms. The molecule has 1 unspecified atom stereocenters. The Bertz CT molecular complexity index is 550. The van der Waals surface area contributed by atoms with Gasteiger partial charge in [0.25, 0.3) is 0 Å². The number of nitrogens with zero attached hydrogens (tertiary/aromatic N) is 1. The number of hydrogen-bond donors (Lipinski definition) is 2. The maximum absolute atomic E-state index is 10.9. The molecule has 0 heterocycles. The summed E-state index contributed by atoms with van der Waals surface area (Å²) in [6.07, 6.45) is 0. The predicted octanol–water partition coefficient (Wildman–Crippen LogP) is 0.535. The van der Waals surface area contributed by atoms with Gasteiger partial charge in [-0.3, -0.25) is 4.79 Å². The first-order valence-electron chi connectivity index (χ1n) is 5.68. The van der Waals surface area contributed by atoms with E-state index in [4.69, 9.17) is 19.8 Å². The Kier molecular flexibility index (Phi) is 5.35. The number of nitriles is 1. The van der Waals surface area contributed by atoms with Crippen molar-refractivity contribution < 1.29 is 24.2 Å². The van der Waals surface area contributed by atoms with E-state index < -0.39 is 17.9 Å². The van der Waals surface area contributed by atoms with E-state index in [-0.39, 0.29) is 6.61 Å². The van der Waals surface area contributed by atoms with Gasteiger partial charge in [0.1, 0.15) is 6.61 Å². The van der Waals surface area contributed by atoms with Crippen LogP contribution in [0.4, 0.5) is 0 Å². The van der Waals surface area contributed by atoms with Gasteiger partial charge < -0.3 is 19.9 Å². The average Bonchev–Trinajstić information content (AvgIpc) is 2.42. The Balaban J connectivity index is 2.80. The molecule has 0 saturated carbocycles. The number of rotatable bonds is 6. The first kappa shape index (κ1) is 15.3. The monoisotopic (exact) mass is 278 g/mol. The Morgan fingerprint density at radius 2 is 2.15 bits per heavy atom. The molecule has 0 aliphatic heterocycles. The lowest BCUT2D eigenvalue weighted by Gasteiger charge is -2.16. The molecular weight excluding hydrogens is 264 g/mol. The highest BCUT2D eigenvalue weighted by atomic mass is 16.5. The molecule has 7 heteroatoms. The van der Waals surface area contributed by atoms with Gasteiger partial charge in [0.15, 0.2) is 17.5 Å². The Labute approximate surface area is 115 Å². The van der Waals surface area contributed by atoms with Crippen molar-refractivity contribution in [1.82, 2.24) is 5.32 Å². The van der Waals surface area contributed by atoms with Crippen LogP contribution in [0.25, 0.3) is 0 Å². The maximum atomic E-state index is 10.9. The second-order valence-electron chi connectivity index (χ2n) is 3.88. The van der Waals surface area contributed by atoms with Crippen molar-refractivity contribution in [2.75, 3.05) is 13.7 Å². The quantitative estimate of drug-likeness (QED) is 0.786. The third kappa shape index (κ3) is 4.17. The van der Waals surface area contributed by atoms with Crippen LogP contribution in [0.5, 0.6) is 11.5 Å². The molecule has 1 amide bonds. The van der Waals surface area contributed by atoms with Crippen LogP contribution in [0.15, 0.2) is 18.2 Å². The van der Waals surface area contributed by atoms with E-state index >= 15 is 0 Å². The van der Waals surface area contributed by atoms with E-state index in [0.717, 1.165) is 0 Å². The van der Waals surface area contributed by atoms with Crippen LogP contribution >= 0.6 is 0 Å². The van der Waals surface area contributed by atoms with Gasteiger partial charge in [-0.1, -0.05) is 0 Å². The van der Waals surface area contributed by atoms with E-state index in [1.54, 1.807) is 0 Å². The lowest BCUT2D eigenvalue weighted by atomic mass is 10.2. The highest BCUT2D eigenvalue weighted by Crippen LogP contribution is 2.27. The smallest absolute Gasteiger partial charge is 0.329 e. The summed E-state index contributed by atoms with van der Waals surface area (Å²) in [6.45, 7) is 0.968. The minimum absolute atomic E-state index is 0.253. The van der Waals surface area contributed by atoms with Crippen molar-refractivity contribution in [3.05, 3.63) is 23.8 Å². The van der Waals surface area contributed by atoms with Gasteiger partial charge in [-0.25, -0.2) is 4.79 Å². The molecule has 1 rings (SSSR count). The predicted molar refractivity (Wildman–Crippen MR) is 68.4 cm³/mol. The van der Waals surface area contributed by atoms with Gasteiger partial charge in [-0.2, -0.15) is 5.26 Å². The molecule has 1 atom stereocenters. The van der Waals surface area contributed by atoms with Crippen molar-refractivity contribution in [3.8, 4) is 17.6 Å². The van der Waals surface area contributed by atoms with Gasteiger partial charge in [0.05, 0.1) is 18.7 Å². The summed E-state index contributed by atoms with van der Waals surface area (Å²) in [5.74, 6) is -1.06. The van der Waals surface area contributed by atoms with E-state index in [9.17, 15) is 9.59 Å². The standard InChI is InChI=1S/C13H14N2O5/c1-8(16)15-10(13(17)18)7-20-11-4-3-9(6-14)5-12(11)19-2/h3-5,10H,7H2,1-2H3,(H,15,16)(H,17,18). The fourth-order valence-corrected chi connectivity index (χ4v) is 1.45. The summed E-state index contributed by atoms with van der Waals surface area (Å²) in [5, 5.41) is 20.0. The highest BCUT2D eigenvalue weighted by molar-refractivity contribution is 5.82. The summed E-state index contributed by atoms with van der Waals surface area (Å²) in [6, 6.07) is 5.29. The number of methoxy groups -OCH3 is 1. The average molecular weight is 278 g/mol. The van der Waals surface area contributed by atoms with Crippen molar-refractivity contribution in [3.63, 3.8) is 0 Å². The van der Waals surface area contributed by atoms with Crippen LogP contribution in [0.1, 0.15) is 12.5 Å². The number of carbonyl (C=O) groups excluding carboxylic acids is 1. The zero-order chi connectivity index (χ0) is 15.1. The van der Waals surface area contributed by atoms with Crippen LogP contribution < -0.4 is 14.8 Å². The number of amides is 1. The maximum Gasteiger partial charge on any atom is 0.329 e. The van der Waals surface area contributed by atoms with E-state index in [1.165, 1.54) is 32.2 Å². The zero-order valence-corrected chi connectivity index (χ0v) is 11.0. The lowest BCUT2D eigenvalue weighted by molar-refractivity contribution is -0.142. The summed E-state index contributed by atoms with van der Waals surface area (Å²) in [7, 11) is 1.41. The molecule has 1 aromatic rings. The van der Waals surface area contributed by atoms with Crippen molar-refractivity contribution in [2.24, 2.45) is 0 Å². The molecule has 0 fully saturated rings. The molecule has 7 nitrogen and oxygen atoms in total. The Morgan fingerprint density at radius 1 is 1.45 bits per heavy atom. The number of hydrogen-bond acceptors (Lipinski definition) is 5. The number of benzene rings is 1. The first-order chi connectivity index (χ1) is 9.47. The van der Waals surface area contributed by atoms with Crippen LogP contribution in [0.2, 0.25) is 0 Å². The topological polar surface area (TPSA) is 109 Å². The van der Waals surface area contributed by atoms with Gasteiger partial charge in [0, 0.05) is 13.0 Å². The number of carbonyl (C=O) groups is 2. The summed E-state index contributed by atoms with van der Waals surface area (Å²) >= 11 is 0. The molecule has 2 N–H and O–H groups in total. The van der Waals surface area contributed by atoms with E-state index in [0.29, 0.717) is 17.1 Å². The van der Waals surface area contributed by atoms with Crippen molar-refractivity contribution in [1.29, 1.82) is 5.26 Å². The molecule has 0 saturated heterocycles. The minimum Gasteiger partial charge on any atom is -0.493 e. The fraction of sp³-hybridized carbons (Fsp3) is 0.308. The molecule has 1 aromatic carbocycles. The second-order valence-corrected chi connectivity index (χ2v) is 3.88. The summed E-state index contributed by atoms with van der Waals surface area (Å²) in [5.41, 5.74) is 0.394. The molecule has 0 bridgehead atoms. The summed E-state index contributed by atoms with van der Waals surface area (Å²) in [4.78, 5) is 21.8. The SMILES string of the molecule is COc1cc(C#N)ccc1OCC(NC(C)=O)C(=O)O. The van der Waals surface area contributed by atoms with Crippen LogP contribution in [0, 0.1) is 11.3 Å². The number of nitrogens with one attached hydrogen (secondary N) is 1. The van der Waals surface area contributed by atoms with E-state index in [1.807, 2.05) is 6.07 Å². The Morgan fingerprint density at radius 3 is 2.65 bits per heavy atom. The normalized spacial score (nSPS) is 11.1. The van der Waals surface area contributed by atoms with Crippen LogP contribution in [0.3, 0.4) is 0 Å². The third-order valence-corrected chi connectivity index (χ3v) is 2.37. The van der Waals surface area contributed by atoms with Gasteiger partial charge in [0.2, 0.25) is 5.91 Å². The Hall–Kier alpha value is -2.75. The number of carboxylic acids is 1. The van der Waals surface area contributed by atoms with Gasteiger partial charge in [-0.05, 0) is 12.1 Å². The number of carboxylic acid groups (broad SMARTS) is 1. The fourth-order valence-electron chi connectivity index (χ4n) is 1.45. The molecule has 106 valence electrons. The largest absolute Gasteiger partial charge is 0.493 e. The van der Waals surface area contributed by atoms with E-state index in [2.05, 4.69) is 5.32 Å². The van der Waals surface area contributed by atoms with Crippen LogP contribution in [-0.2, 0) is 9.59 Å². The molecule has 0 aliphatic rings. The molecule has 0 aliphatic carbocycles. The van der Waals surface area contributed by atoms with Crippen molar-refractivity contribution in [2.45, 2.75) is 13.0 Å². The number of aliphatic carboxylic acids is 1. The molecular formula is C13H14N2O5. The lowest BCUT2D eigenvalue weighted by Crippen LogP contribution is -2.43. The third-order valence-electron chi connectivity index (χ3n) is 2.37.